The predicted octanol–water partition coefficient (Wildman–Crippen LogP) is 3.64. The quantitative estimate of drug-likeness (QED) is 0.624. The van der Waals surface area contributed by atoms with E-state index in [1.807, 2.05) is 24.3 Å². The van der Waals surface area contributed by atoms with Crippen LogP contribution in [0.5, 0.6) is 5.75 Å². The van der Waals surface area contributed by atoms with Crippen molar-refractivity contribution in [2.24, 2.45) is 0 Å². The molecule has 0 aliphatic heterocycles. The topological polar surface area (TPSA) is 67.0 Å². The van der Waals surface area contributed by atoms with E-state index in [4.69, 9.17) is 4.74 Å². The van der Waals surface area contributed by atoms with Gasteiger partial charge in [0, 0.05) is 17.9 Å². The average Bonchev–Trinajstić information content (AvgIpc) is 3.02. The minimum absolute atomic E-state index is 0.0145. The van der Waals surface area contributed by atoms with Gasteiger partial charge in [-0.2, -0.15) is 0 Å². The lowest BCUT2D eigenvalue weighted by Crippen LogP contribution is -2.27. The molecule has 0 unspecified atom stereocenters. The summed E-state index contributed by atoms with van der Waals surface area (Å²) >= 11 is 1.50. The Labute approximate surface area is 157 Å². The molecular formula is C20H23N3O2S. The van der Waals surface area contributed by atoms with Crippen LogP contribution in [0, 0.1) is 13.8 Å². The number of thioether (sulfide) groups is 1. The molecule has 3 rings (SSSR count). The van der Waals surface area contributed by atoms with Crippen LogP contribution in [0.1, 0.15) is 17.0 Å². The number of amides is 1. The van der Waals surface area contributed by atoms with E-state index in [0.29, 0.717) is 18.7 Å². The molecule has 136 valence electrons. The molecule has 1 heterocycles. The first-order chi connectivity index (χ1) is 12.5. The van der Waals surface area contributed by atoms with Crippen molar-refractivity contribution in [1.29, 1.82) is 0 Å². The molecule has 3 aromatic rings. The molecule has 0 bridgehead atoms. The Kier molecular flexibility index (Phi) is 5.83. The van der Waals surface area contributed by atoms with E-state index in [0.717, 1.165) is 27.5 Å². The van der Waals surface area contributed by atoms with Gasteiger partial charge in [0.1, 0.15) is 11.6 Å². The van der Waals surface area contributed by atoms with Gasteiger partial charge in [-0.15, -0.1) is 11.8 Å². The Hall–Kier alpha value is -2.47. The number of nitrogens with one attached hydrogen (secondary N) is 2. The highest BCUT2D eigenvalue weighted by molar-refractivity contribution is 8.00. The first-order valence-electron chi connectivity index (χ1n) is 8.54. The number of methoxy groups -OCH3 is 1. The number of carbonyl (C=O) groups excluding carboxylic acids is 1. The Morgan fingerprint density at radius 1 is 1.23 bits per heavy atom. The van der Waals surface area contributed by atoms with E-state index in [1.54, 1.807) is 7.11 Å². The van der Waals surface area contributed by atoms with Crippen LogP contribution in [0.3, 0.4) is 0 Å². The summed E-state index contributed by atoms with van der Waals surface area (Å²) in [4.78, 5) is 21.0. The molecule has 1 amide bonds. The molecule has 0 spiro atoms. The van der Waals surface area contributed by atoms with E-state index in [1.165, 1.54) is 22.9 Å². The van der Waals surface area contributed by atoms with Crippen molar-refractivity contribution < 1.29 is 9.53 Å². The summed E-state index contributed by atoms with van der Waals surface area (Å²) in [5.74, 6) is 2.09. The lowest BCUT2D eigenvalue weighted by molar-refractivity contribution is -0.118. The van der Waals surface area contributed by atoms with Crippen molar-refractivity contribution in [3.05, 3.63) is 53.3 Å². The summed E-state index contributed by atoms with van der Waals surface area (Å²) in [5, 5.41) is 2.95. The number of fused-ring (bicyclic) bond motifs is 1. The number of hydrogen-bond donors (Lipinski definition) is 2. The van der Waals surface area contributed by atoms with E-state index in [2.05, 4.69) is 41.3 Å². The maximum atomic E-state index is 12.0. The van der Waals surface area contributed by atoms with Gasteiger partial charge >= 0.3 is 0 Å². The standard InChI is InChI=1S/C20H23N3O2S/c1-13-9-17-18(10-14(13)2)23-19(22-17)7-8-21-20(24)12-26-16-6-4-5-15(11-16)25-3/h4-6,9-11H,7-8,12H2,1-3H3,(H,21,24)(H,22,23). The molecule has 26 heavy (non-hydrogen) atoms. The molecule has 0 fully saturated rings. The molecule has 0 saturated heterocycles. The SMILES string of the molecule is COc1cccc(SCC(=O)NCCc2nc3cc(C)c(C)cc3[nH]2)c1. The molecule has 0 radical (unpaired) electrons. The van der Waals surface area contributed by atoms with Gasteiger partial charge in [0.25, 0.3) is 0 Å². The van der Waals surface area contributed by atoms with E-state index < -0.39 is 0 Å². The van der Waals surface area contributed by atoms with Gasteiger partial charge in [-0.25, -0.2) is 4.98 Å². The zero-order valence-electron chi connectivity index (χ0n) is 15.3. The second-order valence-corrected chi connectivity index (χ2v) is 7.25. The summed E-state index contributed by atoms with van der Waals surface area (Å²) in [7, 11) is 1.64. The highest BCUT2D eigenvalue weighted by atomic mass is 32.2. The van der Waals surface area contributed by atoms with Crippen LogP contribution in [-0.4, -0.2) is 35.3 Å². The summed E-state index contributed by atoms with van der Waals surface area (Å²) < 4.78 is 5.19. The average molecular weight is 369 g/mol. The molecule has 0 saturated carbocycles. The Morgan fingerprint density at radius 3 is 2.85 bits per heavy atom. The predicted molar refractivity (Wildman–Crippen MR) is 106 cm³/mol. The molecule has 0 aliphatic carbocycles. The van der Waals surface area contributed by atoms with Gasteiger partial charge in [-0.3, -0.25) is 4.79 Å². The van der Waals surface area contributed by atoms with E-state index in [-0.39, 0.29) is 5.91 Å². The first kappa shape index (κ1) is 18.3. The van der Waals surface area contributed by atoms with Gasteiger partial charge in [0.2, 0.25) is 5.91 Å². The smallest absolute Gasteiger partial charge is 0.230 e. The lowest BCUT2D eigenvalue weighted by Gasteiger charge is -2.05. The van der Waals surface area contributed by atoms with Crippen LogP contribution in [0.4, 0.5) is 0 Å². The molecule has 1 aromatic heterocycles. The van der Waals surface area contributed by atoms with Gasteiger partial charge in [-0.1, -0.05) is 6.07 Å². The number of imidazole rings is 1. The number of aromatic amines is 1. The number of ether oxygens (including phenoxy) is 1. The summed E-state index contributed by atoms with van der Waals surface area (Å²) in [6, 6.07) is 11.9. The zero-order chi connectivity index (χ0) is 18.5. The fraction of sp³-hybridized carbons (Fsp3) is 0.300. The second kappa shape index (κ2) is 8.27. The van der Waals surface area contributed by atoms with Gasteiger partial charge < -0.3 is 15.0 Å². The summed E-state index contributed by atoms with van der Waals surface area (Å²) in [6.07, 6.45) is 0.683. The lowest BCUT2D eigenvalue weighted by atomic mass is 10.1. The number of aryl methyl sites for hydroxylation is 2. The van der Waals surface area contributed by atoms with Gasteiger partial charge in [0.15, 0.2) is 0 Å². The molecule has 2 aromatic carbocycles. The third kappa shape index (κ3) is 4.58. The Bertz CT molecular complexity index is 882. The van der Waals surface area contributed by atoms with Crippen molar-refractivity contribution >= 4 is 28.7 Å². The van der Waals surface area contributed by atoms with Crippen LogP contribution in [0.2, 0.25) is 0 Å². The van der Waals surface area contributed by atoms with Crippen LogP contribution >= 0.6 is 11.8 Å². The zero-order valence-corrected chi connectivity index (χ0v) is 16.1. The van der Waals surface area contributed by atoms with Crippen LogP contribution in [0.15, 0.2) is 41.3 Å². The van der Waals surface area contributed by atoms with Crippen LogP contribution in [0.25, 0.3) is 11.0 Å². The number of benzene rings is 2. The number of nitrogens with zero attached hydrogens (tertiary/aromatic N) is 1. The fourth-order valence-corrected chi connectivity index (χ4v) is 3.43. The minimum Gasteiger partial charge on any atom is -0.497 e. The Balaban J connectivity index is 1.47. The Morgan fingerprint density at radius 2 is 2.04 bits per heavy atom. The van der Waals surface area contributed by atoms with Crippen LogP contribution < -0.4 is 10.1 Å². The van der Waals surface area contributed by atoms with Crippen molar-refractivity contribution in [3.63, 3.8) is 0 Å². The molecule has 6 heteroatoms. The fourth-order valence-electron chi connectivity index (χ4n) is 2.65. The van der Waals surface area contributed by atoms with Crippen molar-refractivity contribution in [2.75, 3.05) is 19.4 Å². The highest BCUT2D eigenvalue weighted by Crippen LogP contribution is 2.22. The van der Waals surface area contributed by atoms with Crippen molar-refractivity contribution in [1.82, 2.24) is 15.3 Å². The highest BCUT2D eigenvalue weighted by Gasteiger charge is 2.07. The summed E-state index contributed by atoms with van der Waals surface area (Å²) in [6.45, 7) is 4.74. The largest absolute Gasteiger partial charge is 0.497 e. The molecule has 0 aliphatic rings. The third-order valence-corrected chi connectivity index (χ3v) is 5.24. The molecule has 0 atom stereocenters. The van der Waals surface area contributed by atoms with Crippen molar-refractivity contribution in [2.45, 2.75) is 25.2 Å². The maximum Gasteiger partial charge on any atom is 0.230 e. The number of hydrogen-bond acceptors (Lipinski definition) is 4. The third-order valence-electron chi connectivity index (χ3n) is 4.24. The number of carbonyl (C=O) groups is 1. The number of rotatable bonds is 7. The maximum absolute atomic E-state index is 12.0. The van der Waals surface area contributed by atoms with E-state index >= 15 is 0 Å². The molecule has 2 N–H and O–H groups in total. The van der Waals surface area contributed by atoms with Crippen molar-refractivity contribution in [3.8, 4) is 5.75 Å². The number of aromatic nitrogens is 2. The monoisotopic (exact) mass is 369 g/mol. The van der Waals surface area contributed by atoms with Crippen LogP contribution in [-0.2, 0) is 11.2 Å². The molecule has 5 nitrogen and oxygen atoms in total. The second-order valence-electron chi connectivity index (χ2n) is 6.20. The first-order valence-corrected chi connectivity index (χ1v) is 9.53. The van der Waals surface area contributed by atoms with Gasteiger partial charge in [0.05, 0.1) is 23.9 Å². The number of H-pyrrole nitrogens is 1. The molecular weight excluding hydrogens is 346 g/mol. The minimum atomic E-state index is 0.0145. The normalized spacial score (nSPS) is 10.9. The summed E-state index contributed by atoms with van der Waals surface area (Å²) in [5.41, 5.74) is 4.50. The van der Waals surface area contributed by atoms with E-state index in [9.17, 15) is 4.79 Å². The van der Waals surface area contributed by atoms with Gasteiger partial charge in [-0.05, 0) is 55.3 Å².